The number of benzene rings is 2. The van der Waals surface area contributed by atoms with Gasteiger partial charge in [0.25, 0.3) is 0 Å². The number of rotatable bonds is 6. The summed E-state index contributed by atoms with van der Waals surface area (Å²) in [6, 6.07) is 14.3. The zero-order valence-corrected chi connectivity index (χ0v) is 14.5. The number of likely N-dealkylation sites (N-methyl/N-ethyl adjacent to an activating group) is 1. The van der Waals surface area contributed by atoms with Crippen molar-refractivity contribution in [2.24, 2.45) is 0 Å². The van der Waals surface area contributed by atoms with Gasteiger partial charge in [-0.1, -0.05) is 48.9 Å². The lowest BCUT2D eigenvalue weighted by Crippen LogP contribution is -2.23. The second-order valence-electron chi connectivity index (χ2n) is 4.77. The number of nitrogens with one attached hydrogen (secondary N) is 1. The summed E-state index contributed by atoms with van der Waals surface area (Å²) in [6.07, 6.45) is 0.827. The third kappa shape index (κ3) is 4.00. The van der Waals surface area contributed by atoms with E-state index in [2.05, 4.69) is 40.3 Å². The molecule has 0 radical (unpaired) electrons. The SMILES string of the molecule is CCNC(Cc1ccccc1OC)c1cccc(Br)c1Cl. The summed E-state index contributed by atoms with van der Waals surface area (Å²) in [5.41, 5.74) is 2.26. The van der Waals surface area contributed by atoms with Gasteiger partial charge in [0.05, 0.1) is 12.1 Å². The summed E-state index contributed by atoms with van der Waals surface area (Å²) < 4.78 is 6.37. The van der Waals surface area contributed by atoms with Gasteiger partial charge in [0.1, 0.15) is 5.75 Å². The van der Waals surface area contributed by atoms with Crippen molar-refractivity contribution in [1.29, 1.82) is 0 Å². The van der Waals surface area contributed by atoms with Crippen molar-refractivity contribution in [2.45, 2.75) is 19.4 Å². The lowest BCUT2D eigenvalue weighted by Gasteiger charge is -2.21. The van der Waals surface area contributed by atoms with Crippen LogP contribution in [0.1, 0.15) is 24.1 Å². The second-order valence-corrected chi connectivity index (χ2v) is 6.00. The number of halogens is 2. The molecule has 21 heavy (non-hydrogen) atoms. The van der Waals surface area contributed by atoms with E-state index in [9.17, 15) is 0 Å². The lowest BCUT2D eigenvalue weighted by molar-refractivity contribution is 0.405. The Bertz CT molecular complexity index is 603. The molecular weight excluding hydrogens is 350 g/mol. The summed E-state index contributed by atoms with van der Waals surface area (Å²) in [4.78, 5) is 0. The van der Waals surface area contributed by atoms with Crippen LogP contribution in [0.25, 0.3) is 0 Å². The third-order valence-electron chi connectivity index (χ3n) is 3.42. The summed E-state index contributed by atoms with van der Waals surface area (Å²) >= 11 is 9.94. The van der Waals surface area contributed by atoms with Gasteiger partial charge in [0, 0.05) is 10.5 Å². The van der Waals surface area contributed by atoms with E-state index in [0.29, 0.717) is 0 Å². The molecule has 2 aromatic carbocycles. The summed E-state index contributed by atoms with van der Waals surface area (Å²) in [5.74, 6) is 0.909. The first-order valence-corrected chi connectivity index (χ1v) is 8.13. The molecule has 0 saturated carbocycles. The largest absolute Gasteiger partial charge is 0.496 e. The Morgan fingerprint density at radius 1 is 1.19 bits per heavy atom. The maximum Gasteiger partial charge on any atom is 0.122 e. The predicted molar refractivity (Wildman–Crippen MR) is 92.3 cm³/mol. The van der Waals surface area contributed by atoms with Gasteiger partial charge >= 0.3 is 0 Å². The van der Waals surface area contributed by atoms with Crippen LogP contribution in [0, 0.1) is 0 Å². The van der Waals surface area contributed by atoms with E-state index >= 15 is 0 Å². The van der Waals surface area contributed by atoms with Crippen LogP contribution in [0.4, 0.5) is 0 Å². The highest BCUT2D eigenvalue weighted by Gasteiger charge is 2.17. The van der Waals surface area contributed by atoms with E-state index < -0.39 is 0 Å². The van der Waals surface area contributed by atoms with Gasteiger partial charge in [-0.2, -0.15) is 0 Å². The molecule has 0 heterocycles. The molecule has 0 aromatic heterocycles. The fourth-order valence-electron chi connectivity index (χ4n) is 2.42. The minimum Gasteiger partial charge on any atom is -0.496 e. The van der Waals surface area contributed by atoms with Crippen molar-refractivity contribution in [1.82, 2.24) is 5.32 Å². The van der Waals surface area contributed by atoms with E-state index in [1.807, 2.05) is 30.3 Å². The van der Waals surface area contributed by atoms with Gasteiger partial charge in [-0.15, -0.1) is 0 Å². The highest BCUT2D eigenvalue weighted by atomic mass is 79.9. The normalized spacial score (nSPS) is 12.2. The molecule has 1 unspecified atom stereocenters. The quantitative estimate of drug-likeness (QED) is 0.774. The van der Waals surface area contributed by atoms with Crippen molar-refractivity contribution in [3.8, 4) is 5.75 Å². The van der Waals surface area contributed by atoms with Crippen molar-refractivity contribution in [3.05, 3.63) is 63.1 Å². The first-order chi connectivity index (χ1) is 10.2. The fraction of sp³-hybridized carbons (Fsp3) is 0.294. The van der Waals surface area contributed by atoms with Crippen molar-refractivity contribution in [3.63, 3.8) is 0 Å². The predicted octanol–water partition coefficient (Wildman–Crippen LogP) is 5.00. The molecule has 4 heteroatoms. The Labute approximate surface area is 139 Å². The van der Waals surface area contributed by atoms with Crippen LogP contribution in [0.3, 0.4) is 0 Å². The van der Waals surface area contributed by atoms with E-state index in [1.54, 1.807) is 7.11 Å². The minimum atomic E-state index is 0.149. The monoisotopic (exact) mass is 367 g/mol. The number of hydrogen-bond donors (Lipinski definition) is 1. The van der Waals surface area contributed by atoms with Crippen molar-refractivity contribution in [2.75, 3.05) is 13.7 Å². The molecule has 0 saturated heterocycles. The molecule has 1 N–H and O–H groups in total. The standard InChI is InChI=1S/C17H19BrClNO/c1-3-20-15(13-8-6-9-14(18)17(13)19)11-12-7-4-5-10-16(12)21-2/h4-10,15,20H,3,11H2,1-2H3. The lowest BCUT2D eigenvalue weighted by atomic mass is 9.98. The van der Waals surface area contributed by atoms with Crippen LogP contribution in [0.15, 0.2) is 46.9 Å². The Kier molecular flexibility index (Phi) is 6.09. The van der Waals surface area contributed by atoms with Crippen molar-refractivity contribution >= 4 is 27.5 Å². The van der Waals surface area contributed by atoms with E-state index in [0.717, 1.165) is 33.8 Å². The molecule has 0 aliphatic heterocycles. The van der Waals surface area contributed by atoms with Crippen molar-refractivity contribution < 1.29 is 4.74 Å². The smallest absolute Gasteiger partial charge is 0.122 e. The molecule has 0 fully saturated rings. The third-order valence-corrected chi connectivity index (χ3v) is 4.73. The van der Waals surface area contributed by atoms with Crippen LogP contribution in [0.5, 0.6) is 5.75 Å². The molecule has 2 aromatic rings. The summed E-state index contributed by atoms with van der Waals surface area (Å²) in [5, 5.41) is 4.27. The zero-order valence-electron chi connectivity index (χ0n) is 12.2. The number of para-hydroxylation sites is 1. The van der Waals surface area contributed by atoms with Gasteiger partial charge in [0.15, 0.2) is 0 Å². The Hall–Kier alpha value is -1.03. The first kappa shape index (κ1) is 16.3. The first-order valence-electron chi connectivity index (χ1n) is 6.96. The Morgan fingerprint density at radius 3 is 2.67 bits per heavy atom. The van der Waals surface area contributed by atoms with Crippen LogP contribution in [-0.2, 0) is 6.42 Å². The zero-order chi connectivity index (χ0) is 15.2. The van der Waals surface area contributed by atoms with Crippen LogP contribution >= 0.6 is 27.5 Å². The number of ether oxygens (including phenoxy) is 1. The molecule has 2 rings (SSSR count). The molecule has 1 atom stereocenters. The second kappa shape index (κ2) is 7.83. The molecule has 2 nitrogen and oxygen atoms in total. The molecule has 0 bridgehead atoms. The van der Waals surface area contributed by atoms with E-state index in [4.69, 9.17) is 16.3 Å². The molecule has 0 spiro atoms. The van der Waals surface area contributed by atoms with Crippen LogP contribution in [0.2, 0.25) is 5.02 Å². The number of methoxy groups -OCH3 is 1. The summed E-state index contributed by atoms with van der Waals surface area (Å²) in [6.45, 7) is 2.98. The Morgan fingerprint density at radius 2 is 1.95 bits per heavy atom. The molecular formula is C17H19BrClNO. The fourth-order valence-corrected chi connectivity index (χ4v) is 3.06. The van der Waals surface area contributed by atoms with Gasteiger partial charge in [-0.25, -0.2) is 0 Å². The van der Waals surface area contributed by atoms with Crippen LogP contribution in [-0.4, -0.2) is 13.7 Å². The van der Waals surface area contributed by atoms with Gasteiger partial charge in [0.2, 0.25) is 0 Å². The number of hydrogen-bond acceptors (Lipinski definition) is 2. The molecule has 0 aliphatic carbocycles. The molecule has 0 amide bonds. The van der Waals surface area contributed by atoms with Gasteiger partial charge in [-0.05, 0) is 52.2 Å². The molecule has 0 aliphatic rings. The molecule has 112 valence electrons. The highest BCUT2D eigenvalue weighted by molar-refractivity contribution is 9.10. The minimum absolute atomic E-state index is 0.149. The maximum atomic E-state index is 6.45. The summed E-state index contributed by atoms with van der Waals surface area (Å²) in [7, 11) is 1.70. The maximum absolute atomic E-state index is 6.45. The Balaban J connectivity index is 2.33. The van der Waals surface area contributed by atoms with E-state index in [-0.39, 0.29) is 6.04 Å². The van der Waals surface area contributed by atoms with Gasteiger partial charge in [-0.3, -0.25) is 0 Å². The van der Waals surface area contributed by atoms with E-state index in [1.165, 1.54) is 5.56 Å². The average molecular weight is 369 g/mol. The average Bonchev–Trinajstić information content (AvgIpc) is 2.50. The topological polar surface area (TPSA) is 21.3 Å². The van der Waals surface area contributed by atoms with Gasteiger partial charge < -0.3 is 10.1 Å². The van der Waals surface area contributed by atoms with Crippen LogP contribution < -0.4 is 10.1 Å². The highest BCUT2D eigenvalue weighted by Crippen LogP contribution is 2.33.